The van der Waals surface area contributed by atoms with E-state index in [1.807, 2.05) is 6.92 Å². The van der Waals surface area contributed by atoms with Crippen LogP contribution in [0.15, 0.2) is 28.7 Å². The third kappa shape index (κ3) is 4.75. The number of piperidine rings is 1. The van der Waals surface area contributed by atoms with Crippen LogP contribution in [-0.4, -0.2) is 34.9 Å². The van der Waals surface area contributed by atoms with Gasteiger partial charge in [0.15, 0.2) is 0 Å². The lowest BCUT2D eigenvalue weighted by Crippen LogP contribution is -2.46. The molecule has 1 saturated heterocycles. The first-order valence-electron chi connectivity index (χ1n) is 11.2. The van der Waals surface area contributed by atoms with Gasteiger partial charge in [0, 0.05) is 18.5 Å². The summed E-state index contributed by atoms with van der Waals surface area (Å²) < 4.78 is 19.8. The summed E-state index contributed by atoms with van der Waals surface area (Å²) in [5.74, 6) is 1.64. The lowest BCUT2D eigenvalue weighted by atomic mass is 9.85. The molecule has 30 heavy (non-hydrogen) atoms. The van der Waals surface area contributed by atoms with E-state index in [0.29, 0.717) is 30.0 Å². The summed E-state index contributed by atoms with van der Waals surface area (Å²) in [7, 11) is 0. The maximum Gasteiger partial charge on any atom is 0.229 e. The van der Waals surface area contributed by atoms with Crippen molar-refractivity contribution in [1.29, 1.82) is 0 Å². The molecule has 2 fully saturated rings. The molecule has 1 N–H and O–H groups in total. The number of amides is 1. The number of carbonyl (C=O) groups excluding carboxylic acids is 1. The van der Waals surface area contributed by atoms with Crippen molar-refractivity contribution in [2.75, 3.05) is 13.1 Å². The minimum Gasteiger partial charge on any atom is -0.441 e. The van der Waals surface area contributed by atoms with Gasteiger partial charge in [0.1, 0.15) is 11.6 Å². The lowest BCUT2D eigenvalue weighted by Gasteiger charge is -2.34. The lowest BCUT2D eigenvalue weighted by molar-refractivity contribution is -0.127. The number of nitrogens with zero attached hydrogens (tertiary/aromatic N) is 2. The third-order valence-electron chi connectivity index (χ3n) is 6.77. The van der Waals surface area contributed by atoms with Crippen LogP contribution >= 0.6 is 0 Å². The van der Waals surface area contributed by atoms with E-state index in [2.05, 4.69) is 22.1 Å². The Hall–Kier alpha value is -2.21. The van der Waals surface area contributed by atoms with E-state index in [9.17, 15) is 9.18 Å². The smallest absolute Gasteiger partial charge is 0.229 e. The van der Waals surface area contributed by atoms with Crippen LogP contribution < -0.4 is 5.32 Å². The second-order valence-corrected chi connectivity index (χ2v) is 8.93. The largest absolute Gasteiger partial charge is 0.441 e. The molecule has 2 aliphatic rings. The highest BCUT2D eigenvalue weighted by Gasteiger charge is 2.29. The molecule has 1 aliphatic carbocycles. The third-order valence-corrected chi connectivity index (χ3v) is 6.77. The van der Waals surface area contributed by atoms with Gasteiger partial charge in [-0.2, -0.15) is 0 Å². The predicted molar refractivity (Wildman–Crippen MR) is 114 cm³/mol. The Morgan fingerprint density at radius 2 is 1.93 bits per heavy atom. The van der Waals surface area contributed by atoms with Gasteiger partial charge < -0.3 is 9.73 Å². The highest BCUT2D eigenvalue weighted by Crippen LogP contribution is 2.27. The Bertz CT molecular complexity index is 873. The van der Waals surface area contributed by atoms with Crippen LogP contribution in [0.3, 0.4) is 0 Å². The molecule has 0 radical (unpaired) electrons. The van der Waals surface area contributed by atoms with Gasteiger partial charge in [0.2, 0.25) is 11.8 Å². The molecular weight excluding hydrogens is 381 g/mol. The molecular formula is C24H32FN3O2. The van der Waals surface area contributed by atoms with Crippen molar-refractivity contribution in [2.24, 2.45) is 11.8 Å². The van der Waals surface area contributed by atoms with E-state index in [1.165, 1.54) is 25.3 Å². The summed E-state index contributed by atoms with van der Waals surface area (Å²) in [6.45, 7) is 6.51. The average Bonchev–Trinajstić information content (AvgIpc) is 3.10. The Morgan fingerprint density at radius 1 is 1.20 bits per heavy atom. The summed E-state index contributed by atoms with van der Waals surface area (Å²) >= 11 is 0. The molecule has 5 nitrogen and oxygen atoms in total. The number of likely N-dealkylation sites (tertiary alicyclic amines) is 1. The zero-order valence-electron chi connectivity index (χ0n) is 18.0. The van der Waals surface area contributed by atoms with Gasteiger partial charge in [-0.3, -0.25) is 9.69 Å². The molecule has 0 bridgehead atoms. The number of rotatable bonds is 5. The molecule has 1 aliphatic heterocycles. The molecule has 2 heterocycles. The van der Waals surface area contributed by atoms with Crippen molar-refractivity contribution in [2.45, 2.75) is 65.0 Å². The molecule has 1 saturated carbocycles. The minimum absolute atomic E-state index is 0.0998. The first-order chi connectivity index (χ1) is 14.5. The summed E-state index contributed by atoms with van der Waals surface area (Å²) in [5.41, 5.74) is 1.23. The molecule has 4 rings (SSSR count). The zero-order chi connectivity index (χ0) is 21.1. The number of benzene rings is 1. The summed E-state index contributed by atoms with van der Waals surface area (Å²) in [6.07, 6.45) is 6.57. The van der Waals surface area contributed by atoms with Gasteiger partial charge in [-0.05, 0) is 63.7 Å². The number of carbonyl (C=O) groups is 1. The SMILES string of the molecule is Cc1oc(-c2ccccc2F)nc1CN1CCC(C(=O)NC2CCCCC2C)CC1. The van der Waals surface area contributed by atoms with Gasteiger partial charge in [-0.1, -0.05) is 31.9 Å². The Kier molecular flexibility index (Phi) is 6.52. The number of oxazole rings is 1. The van der Waals surface area contributed by atoms with Crippen LogP contribution in [0.2, 0.25) is 0 Å². The molecule has 1 amide bonds. The number of aryl methyl sites for hydroxylation is 1. The predicted octanol–water partition coefficient (Wildman–Crippen LogP) is 4.70. The number of nitrogens with one attached hydrogen (secondary N) is 1. The number of halogens is 1. The second kappa shape index (κ2) is 9.29. The van der Waals surface area contributed by atoms with Gasteiger partial charge in [0.05, 0.1) is 11.3 Å². The van der Waals surface area contributed by atoms with Crippen LogP contribution in [0.4, 0.5) is 4.39 Å². The zero-order valence-corrected chi connectivity index (χ0v) is 18.0. The van der Waals surface area contributed by atoms with E-state index in [4.69, 9.17) is 4.42 Å². The first-order valence-corrected chi connectivity index (χ1v) is 11.2. The van der Waals surface area contributed by atoms with Crippen molar-refractivity contribution in [3.63, 3.8) is 0 Å². The molecule has 1 aromatic carbocycles. The normalized spacial score (nSPS) is 23.4. The minimum atomic E-state index is -0.329. The van der Waals surface area contributed by atoms with Crippen molar-refractivity contribution >= 4 is 5.91 Å². The van der Waals surface area contributed by atoms with Crippen molar-refractivity contribution in [1.82, 2.24) is 15.2 Å². The maximum absolute atomic E-state index is 14.0. The molecule has 162 valence electrons. The Balaban J connectivity index is 1.31. The molecule has 1 aromatic heterocycles. The highest BCUT2D eigenvalue weighted by molar-refractivity contribution is 5.79. The second-order valence-electron chi connectivity index (χ2n) is 8.93. The van der Waals surface area contributed by atoms with E-state index >= 15 is 0 Å². The van der Waals surface area contributed by atoms with Crippen LogP contribution in [0, 0.1) is 24.6 Å². The van der Waals surface area contributed by atoms with E-state index in [-0.39, 0.29) is 17.6 Å². The summed E-state index contributed by atoms with van der Waals surface area (Å²) in [5, 5.41) is 3.32. The highest BCUT2D eigenvalue weighted by atomic mass is 19.1. The molecule has 2 aromatic rings. The summed E-state index contributed by atoms with van der Waals surface area (Å²) in [4.78, 5) is 19.6. The molecule has 6 heteroatoms. The Labute approximate surface area is 178 Å². The van der Waals surface area contributed by atoms with Gasteiger partial charge in [-0.25, -0.2) is 9.37 Å². The monoisotopic (exact) mass is 413 g/mol. The number of aromatic nitrogens is 1. The van der Waals surface area contributed by atoms with Gasteiger partial charge >= 0.3 is 0 Å². The van der Waals surface area contributed by atoms with Crippen molar-refractivity contribution < 1.29 is 13.6 Å². The first kappa shape index (κ1) is 21.0. The topological polar surface area (TPSA) is 58.4 Å². The number of hydrogen-bond acceptors (Lipinski definition) is 4. The molecule has 2 unspecified atom stereocenters. The quantitative estimate of drug-likeness (QED) is 0.772. The molecule has 0 spiro atoms. The van der Waals surface area contributed by atoms with Crippen LogP contribution in [0.5, 0.6) is 0 Å². The Morgan fingerprint density at radius 3 is 2.67 bits per heavy atom. The van der Waals surface area contributed by atoms with Crippen LogP contribution in [0.25, 0.3) is 11.5 Å². The van der Waals surface area contributed by atoms with E-state index in [0.717, 1.165) is 43.8 Å². The fourth-order valence-corrected chi connectivity index (χ4v) is 4.72. The van der Waals surface area contributed by atoms with Crippen molar-refractivity contribution in [3.8, 4) is 11.5 Å². The fourth-order valence-electron chi connectivity index (χ4n) is 4.72. The summed E-state index contributed by atoms with van der Waals surface area (Å²) in [6, 6.07) is 6.88. The van der Waals surface area contributed by atoms with Gasteiger partial charge in [-0.15, -0.1) is 0 Å². The van der Waals surface area contributed by atoms with Crippen molar-refractivity contribution in [3.05, 3.63) is 41.5 Å². The van der Waals surface area contributed by atoms with E-state index < -0.39 is 0 Å². The van der Waals surface area contributed by atoms with Crippen LogP contribution in [-0.2, 0) is 11.3 Å². The standard InChI is InChI=1S/C24H32FN3O2/c1-16-7-3-6-10-21(16)26-23(29)18-11-13-28(14-12-18)15-22-17(2)30-24(27-22)19-8-4-5-9-20(19)25/h4-5,8-9,16,18,21H,3,6-7,10-15H2,1-2H3,(H,26,29). The van der Waals surface area contributed by atoms with E-state index in [1.54, 1.807) is 18.2 Å². The maximum atomic E-state index is 14.0. The molecule has 2 atom stereocenters. The average molecular weight is 414 g/mol. The fraction of sp³-hybridized carbons (Fsp3) is 0.583. The van der Waals surface area contributed by atoms with Crippen LogP contribution in [0.1, 0.15) is 56.9 Å². The van der Waals surface area contributed by atoms with Gasteiger partial charge in [0.25, 0.3) is 0 Å². The number of hydrogen-bond donors (Lipinski definition) is 1.